The normalized spacial score (nSPS) is 13.8. The summed E-state index contributed by atoms with van der Waals surface area (Å²) in [4.78, 5) is 27.1. The second-order valence-electron chi connectivity index (χ2n) is 9.96. The number of aliphatic hydroxyl groups excluding tert-OH is 1. The third kappa shape index (κ3) is 3.92. The van der Waals surface area contributed by atoms with Gasteiger partial charge in [0, 0.05) is 10.9 Å². The van der Waals surface area contributed by atoms with Crippen molar-refractivity contribution in [2.75, 3.05) is 6.54 Å². The first-order valence-electron chi connectivity index (χ1n) is 12.8. The van der Waals surface area contributed by atoms with Crippen molar-refractivity contribution in [3.05, 3.63) is 119 Å². The number of imide groups is 1. The lowest BCUT2D eigenvalue weighted by Crippen LogP contribution is -2.38. The van der Waals surface area contributed by atoms with Crippen molar-refractivity contribution in [2.24, 2.45) is 0 Å². The maximum absolute atomic E-state index is 13.0. The number of β-amino-alcohol motifs (C(OH)–C–C–N with tert-alkyl or cyclic N) is 1. The molecule has 0 aliphatic carbocycles. The van der Waals surface area contributed by atoms with E-state index in [1.807, 2.05) is 36.4 Å². The van der Waals surface area contributed by atoms with Crippen molar-refractivity contribution >= 4 is 22.7 Å². The Kier molecular flexibility index (Phi) is 5.93. The monoisotopic (exact) mass is 500 g/mol. The number of amides is 2. The van der Waals surface area contributed by atoms with E-state index in [4.69, 9.17) is 0 Å². The zero-order chi connectivity index (χ0) is 26.4. The molecule has 1 unspecified atom stereocenters. The number of carbonyl (C=O) groups is 2. The number of hydrogen-bond donors (Lipinski definition) is 1. The average molecular weight is 501 g/mol. The first-order chi connectivity index (χ1) is 18.4. The molecular formula is C33H28N2O3. The van der Waals surface area contributed by atoms with Crippen LogP contribution < -0.4 is 0 Å². The standard InChI is InChI=1S/C33H28N2O3/c1-21-17-22(2)30-28(18-21)29(23-11-5-3-6-12-23)31(24-13-7-4-8-14-24)34(30)19-25(36)20-35-32(37)26-15-9-10-16-27(26)33(35)38/h3-18,25,36H,19-20H2,1-2H3. The minimum Gasteiger partial charge on any atom is -0.389 e. The molecule has 188 valence electrons. The second kappa shape index (κ2) is 9.43. The molecule has 1 aromatic heterocycles. The largest absolute Gasteiger partial charge is 0.389 e. The first-order valence-corrected chi connectivity index (χ1v) is 12.8. The number of carbonyl (C=O) groups excluding carboxylic acids is 2. The van der Waals surface area contributed by atoms with Gasteiger partial charge in [-0.1, -0.05) is 84.4 Å². The van der Waals surface area contributed by atoms with Gasteiger partial charge in [0.25, 0.3) is 11.8 Å². The van der Waals surface area contributed by atoms with Crippen LogP contribution in [0.4, 0.5) is 0 Å². The van der Waals surface area contributed by atoms with Gasteiger partial charge < -0.3 is 9.67 Å². The summed E-state index contributed by atoms with van der Waals surface area (Å²) in [7, 11) is 0. The topological polar surface area (TPSA) is 62.5 Å². The van der Waals surface area contributed by atoms with Crippen LogP contribution in [0.1, 0.15) is 31.8 Å². The van der Waals surface area contributed by atoms with Crippen molar-refractivity contribution in [2.45, 2.75) is 26.5 Å². The van der Waals surface area contributed by atoms with E-state index in [1.165, 1.54) is 4.90 Å². The highest BCUT2D eigenvalue weighted by Gasteiger charge is 2.36. The van der Waals surface area contributed by atoms with Gasteiger partial charge in [-0.25, -0.2) is 0 Å². The molecule has 2 heterocycles. The maximum Gasteiger partial charge on any atom is 0.261 e. The molecule has 0 bridgehead atoms. The molecule has 5 heteroatoms. The van der Waals surface area contributed by atoms with E-state index >= 15 is 0 Å². The van der Waals surface area contributed by atoms with Gasteiger partial charge in [-0.05, 0) is 48.7 Å². The quantitative estimate of drug-likeness (QED) is 0.280. The molecule has 4 aromatic carbocycles. The molecule has 1 aliphatic rings. The summed E-state index contributed by atoms with van der Waals surface area (Å²) in [6.45, 7) is 4.33. The lowest BCUT2D eigenvalue weighted by molar-refractivity contribution is 0.0523. The van der Waals surface area contributed by atoms with Gasteiger partial charge in [0.2, 0.25) is 0 Å². The average Bonchev–Trinajstić information content (AvgIpc) is 3.37. The van der Waals surface area contributed by atoms with Crippen LogP contribution in [0.2, 0.25) is 0 Å². The van der Waals surface area contributed by atoms with Crippen LogP contribution in [0.5, 0.6) is 0 Å². The molecule has 5 aromatic rings. The summed E-state index contributed by atoms with van der Waals surface area (Å²) in [5, 5.41) is 12.5. The Hall–Kier alpha value is -4.48. The fraction of sp³-hybridized carbons (Fsp3) is 0.152. The summed E-state index contributed by atoms with van der Waals surface area (Å²) < 4.78 is 2.16. The van der Waals surface area contributed by atoms with E-state index in [1.54, 1.807) is 24.3 Å². The summed E-state index contributed by atoms with van der Waals surface area (Å²) >= 11 is 0. The Morgan fingerprint density at radius 1 is 0.711 bits per heavy atom. The van der Waals surface area contributed by atoms with Crippen LogP contribution in [-0.4, -0.2) is 39.0 Å². The zero-order valence-corrected chi connectivity index (χ0v) is 21.4. The smallest absolute Gasteiger partial charge is 0.261 e. The minimum absolute atomic E-state index is 0.0776. The van der Waals surface area contributed by atoms with Gasteiger partial charge in [-0.3, -0.25) is 14.5 Å². The Morgan fingerprint density at radius 2 is 1.26 bits per heavy atom. The highest BCUT2D eigenvalue weighted by molar-refractivity contribution is 6.21. The highest BCUT2D eigenvalue weighted by Crippen LogP contribution is 2.42. The molecule has 2 amide bonds. The van der Waals surface area contributed by atoms with E-state index in [9.17, 15) is 14.7 Å². The Bertz CT molecular complexity index is 1650. The number of nitrogens with zero attached hydrogens (tertiary/aromatic N) is 2. The molecule has 1 aliphatic heterocycles. The Morgan fingerprint density at radius 3 is 1.87 bits per heavy atom. The number of aryl methyl sites for hydroxylation is 2. The van der Waals surface area contributed by atoms with Crippen molar-refractivity contribution in [1.29, 1.82) is 0 Å². The van der Waals surface area contributed by atoms with Crippen LogP contribution in [-0.2, 0) is 6.54 Å². The van der Waals surface area contributed by atoms with Crippen molar-refractivity contribution in [1.82, 2.24) is 9.47 Å². The van der Waals surface area contributed by atoms with Crippen LogP contribution in [0, 0.1) is 13.8 Å². The highest BCUT2D eigenvalue weighted by atomic mass is 16.3. The van der Waals surface area contributed by atoms with E-state index in [0.29, 0.717) is 11.1 Å². The number of benzene rings is 4. The van der Waals surface area contributed by atoms with Crippen LogP contribution >= 0.6 is 0 Å². The van der Waals surface area contributed by atoms with Gasteiger partial charge in [0.15, 0.2) is 0 Å². The van der Waals surface area contributed by atoms with Gasteiger partial charge in [-0.15, -0.1) is 0 Å². The molecule has 0 fully saturated rings. The second-order valence-corrected chi connectivity index (χ2v) is 9.96. The number of fused-ring (bicyclic) bond motifs is 2. The number of rotatable bonds is 6. The lowest BCUT2D eigenvalue weighted by atomic mass is 9.97. The predicted molar refractivity (Wildman–Crippen MR) is 150 cm³/mol. The summed E-state index contributed by atoms with van der Waals surface area (Å²) in [5.74, 6) is -0.718. The fourth-order valence-electron chi connectivity index (χ4n) is 5.74. The molecule has 1 atom stereocenters. The van der Waals surface area contributed by atoms with Crippen LogP contribution in [0.15, 0.2) is 97.1 Å². The lowest BCUT2D eigenvalue weighted by Gasteiger charge is -2.21. The van der Waals surface area contributed by atoms with E-state index in [0.717, 1.165) is 44.4 Å². The van der Waals surface area contributed by atoms with E-state index in [2.05, 4.69) is 54.8 Å². The van der Waals surface area contributed by atoms with Crippen molar-refractivity contribution in [3.8, 4) is 22.4 Å². The number of aromatic nitrogens is 1. The van der Waals surface area contributed by atoms with Gasteiger partial charge in [-0.2, -0.15) is 0 Å². The SMILES string of the molecule is Cc1cc(C)c2c(c1)c(-c1ccccc1)c(-c1ccccc1)n2CC(O)CN1C(=O)c2ccccc2C1=O. The Labute approximate surface area is 221 Å². The third-order valence-corrected chi connectivity index (χ3v) is 7.27. The summed E-state index contributed by atoms with van der Waals surface area (Å²) in [5.41, 5.74) is 8.31. The predicted octanol–water partition coefficient (Wildman–Crippen LogP) is 6.25. The number of hydrogen-bond acceptors (Lipinski definition) is 3. The molecule has 0 radical (unpaired) electrons. The maximum atomic E-state index is 13.0. The summed E-state index contributed by atoms with van der Waals surface area (Å²) in [6, 6.07) is 31.6. The minimum atomic E-state index is -0.959. The zero-order valence-electron chi connectivity index (χ0n) is 21.4. The molecule has 6 rings (SSSR count). The molecule has 1 N–H and O–H groups in total. The fourth-order valence-corrected chi connectivity index (χ4v) is 5.74. The van der Waals surface area contributed by atoms with Gasteiger partial charge >= 0.3 is 0 Å². The van der Waals surface area contributed by atoms with Crippen molar-refractivity contribution in [3.63, 3.8) is 0 Å². The molecule has 5 nitrogen and oxygen atoms in total. The van der Waals surface area contributed by atoms with Crippen LogP contribution in [0.25, 0.3) is 33.3 Å². The summed E-state index contributed by atoms with van der Waals surface area (Å²) in [6.07, 6.45) is -0.959. The van der Waals surface area contributed by atoms with E-state index < -0.39 is 6.10 Å². The molecule has 0 spiro atoms. The van der Waals surface area contributed by atoms with Gasteiger partial charge in [0.1, 0.15) is 0 Å². The van der Waals surface area contributed by atoms with Crippen molar-refractivity contribution < 1.29 is 14.7 Å². The van der Waals surface area contributed by atoms with Crippen LogP contribution in [0.3, 0.4) is 0 Å². The number of aliphatic hydroxyl groups is 1. The Balaban J connectivity index is 1.49. The molecule has 0 saturated carbocycles. The molecule has 0 saturated heterocycles. The first kappa shape index (κ1) is 23.9. The van der Waals surface area contributed by atoms with E-state index in [-0.39, 0.29) is 24.9 Å². The molecule has 38 heavy (non-hydrogen) atoms. The van der Waals surface area contributed by atoms with Gasteiger partial charge in [0.05, 0.1) is 41.5 Å². The molecular weight excluding hydrogens is 472 g/mol. The third-order valence-electron chi connectivity index (χ3n) is 7.27.